The van der Waals surface area contributed by atoms with Crippen molar-refractivity contribution < 1.29 is 32.2 Å². The average molecular weight is 666 g/mol. The van der Waals surface area contributed by atoms with Gasteiger partial charge in [-0.3, -0.25) is 9.59 Å². The van der Waals surface area contributed by atoms with E-state index in [1.54, 1.807) is 30.2 Å². The summed E-state index contributed by atoms with van der Waals surface area (Å²) in [5.41, 5.74) is -0.395. The Hall–Kier alpha value is -4.11. The third kappa shape index (κ3) is 7.15. The van der Waals surface area contributed by atoms with E-state index in [1.165, 1.54) is 4.52 Å². The first-order valence-electron chi connectivity index (χ1n) is 14.9. The Labute approximate surface area is 267 Å². The molecule has 0 atom stereocenters. The highest BCUT2D eigenvalue weighted by Crippen LogP contribution is 2.34. The van der Waals surface area contributed by atoms with Gasteiger partial charge in [0.25, 0.3) is 5.56 Å². The van der Waals surface area contributed by atoms with Gasteiger partial charge in [0, 0.05) is 26.2 Å². The van der Waals surface area contributed by atoms with Crippen LogP contribution in [0.1, 0.15) is 51.2 Å². The van der Waals surface area contributed by atoms with Crippen molar-refractivity contribution in [1.82, 2.24) is 24.1 Å². The molecule has 1 aromatic carbocycles. The van der Waals surface area contributed by atoms with E-state index in [1.807, 2.05) is 17.9 Å². The number of carbonyl (C=O) groups excluding carboxylic acids is 2. The van der Waals surface area contributed by atoms with Crippen LogP contribution in [0.5, 0.6) is 0 Å². The molecule has 4 heterocycles. The summed E-state index contributed by atoms with van der Waals surface area (Å²) in [6, 6.07) is 2.67. The number of amides is 2. The molecule has 0 aliphatic carbocycles. The zero-order chi connectivity index (χ0) is 33.4. The lowest BCUT2D eigenvalue weighted by molar-refractivity contribution is -0.137. The Kier molecular flexibility index (Phi) is 9.36. The molecule has 1 N–H and O–H groups in total. The van der Waals surface area contributed by atoms with Crippen LogP contribution in [0.2, 0.25) is 5.02 Å². The van der Waals surface area contributed by atoms with Crippen molar-refractivity contribution in [2.24, 2.45) is 0 Å². The lowest BCUT2D eigenvalue weighted by Crippen LogP contribution is -2.51. The minimum atomic E-state index is -4.59. The van der Waals surface area contributed by atoms with Crippen molar-refractivity contribution >= 4 is 46.3 Å². The van der Waals surface area contributed by atoms with Crippen molar-refractivity contribution in [3.63, 3.8) is 0 Å². The summed E-state index contributed by atoms with van der Waals surface area (Å²) in [5, 5.41) is 6.83. The highest BCUT2D eigenvalue weighted by molar-refractivity contribution is 6.33. The molecule has 2 amide bonds. The molecule has 0 radical (unpaired) electrons. The minimum absolute atomic E-state index is 0.00258. The maximum Gasteiger partial charge on any atom is 0.416 e. The number of anilines is 2. The standard InChI is InChI=1S/C30H35ClF3N7O5/c1-5-22-24(38-10-12-39(13-11-38)28(44)46-29(2,3)4)26(43)41-27(36-25(37-41)18-8-14-45-15-9-18)40(22)17-23(42)35-21-7-6-19(16-20(21)31)30(32,33)34/h6-8,16H,5,9-15,17H2,1-4H3,(H,35,42). The van der Waals surface area contributed by atoms with Crippen LogP contribution in [0.4, 0.5) is 29.3 Å². The van der Waals surface area contributed by atoms with Crippen LogP contribution in [0, 0.1) is 0 Å². The third-order valence-corrected chi connectivity index (χ3v) is 7.84. The molecule has 12 nitrogen and oxygen atoms in total. The Morgan fingerprint density at radius 1 is 1.13 bits per heavy atom. The summed E-state index contributed by atoms with van der Waals surface area (Å²) in [6.45, 7) is 8.96. The van der Waals surface area contributed by atoms with E-state index in [4.69, 9.17) is 21.1 Å². The fourth-order valence-electron chi connectivity index (χ4n) is 5.36. The second-order valence-corrected chi connectivity index (χ2v) is 12.3. The van der Waals surface area contributed by atoms with Crippen LogP contribution in [0.3, 0.4) is 0 Å². The highest BCUT2D eigenvalue weighted by atomic mass is 35.5. The zero-order valence-corrected chi connectivity index (χ0v) is 26.7. The van der Waals surface area contributed by atoms with E-state index in [0.717, 1.165) is 23.8 Å². The molecule has 2 aliphatic heterocycles. The molecule has 2 aliphatic rings. The molecule has 46 heavy (non-hydrogen) atoms. The molecule has 0 spiro atoms. The number of hydrogen-bond acceptors (Lipinski definition) is 8. The van der Waals surface area contributed by atoms with Gasteiger partial charge in [0.15, 0.2) is 5.82 Å². The number of rotatable bonds is 6. The Morgan fingerprint density at radius 2 is 1.85 bits per heavy atom. The number of halogens is 4. The van der Waals surface area contributed by atoms with Crippen molar-refractivity contribution in [3.05, 3.63) is 56.7 Å². The summed E-state index contributed by atoms with van der Waals surface area (Å²) < 4.78 is 53.1. The summed E-state index contributed by atoms with van der Waals surface area (Å²) in [6.07, 6.45) is -2.33. The molecule has 248 valence electrons. The van der Waals surface area contributed by atoms with E-state index in [-0.39, 0.29) is 23.0 Å². The van der Waals surface area contributed by atoms with Crippen molar-refractivity contribution in [1.29, 1.82) is 0 Å². The maximum absolute atomic E-state index is 14.0. The number of piperazine rings is 1. The summed E-state index contributed by atoms with van der Waals surface area (Å²) >= 11 is 6.09. The zero-order valence-electron chi connectivity index (χ0n) is 25.9. The molecule has 3 aromatic rings. The van der Waals surface area contributed by atoms with Gasteiger partial charge in [-0.2, -0.15) is 22.7 Å². The van der Waals surface area contributed by atoms with Gasteiger partial charge in [-0.05, 0) is 57.4 Å². The maximum atomic E-state index is 14.0. The van der Waals surface area contributed by atoms with Crippen LogP contribution < -0.4 is 15.8 Å². The summed E-state index contributed by atoms with van der Waals surface area (Å²) in [7, 11) is 0. The first-order valence-corrected chi connectivity index (χ1v) is 15.2. The van der Waals surface area contributed by atoms with Gasteiger partial charge in [-0.1, -0.05) is 24.6 Å². The number of aromatic nitrogens is 4. The largest absolute Gasteiger partial charge is 0.444 e. The fraction of sp³-hybridized carbons (Fsp3) is 0.500. The number of benzene rings is 1. The van der Waals surface area contributed by atoms with E-state index in [2.05, 4.69) is 15.4 Å². The normalized spacial score (nSPS) is 16.0. The number of hydrogen-bond donors (Lipinski definition) is 1. The molecular weight excluding hydrogens is 631 g/mol. The molecular formula is C30H35ClF3N7O5. The Balaban J connectivity index is 1.51. The summed E-state index contributed by atoms with van der Waals surface area (Å²) in [4.78, 5) is 48.2. The predicted molar refractivity (Wildman–Crippen MR) is 165 cm³/mol. The fourth-order valence-corrected chi connectivity index (χ4v) is 5.59. The van der Waals surface area contributed by atoms with Crippen molar-refractivity contribution in [2.75, 3.05) is 49.6 Å². The van der Waals surface area contributed by atoms with Crippen LogP contribution in [0.25, 0.3) is 11.4 Å². The van der Waals surface area contributed by atoms with Crippen LogP contribution in [0.15, 0.2) is 29.1 Å². The first kappa shape index (κ1) is 33.3. The molecule has 1 fully saturated rings. The average Bonchev–Trinajstić information content (AvgIpc) is 3.45. The molecule has 16 heteroatoms. The SMILES string of the molecule is CCc1c(N2CCN(C(=O)OC(C)(C)C)CC2)c(=O)n2nc(C3=CCOCC3)nc2n1CC(=O)Nc1ccc(C(F)(F)F)cc1Cl. The van der Waals surface area contributed by atoms with Gasteiger partial charge in [0.1, 0.15) is 17.8 Å². The number of carbonyl (C=O) groups is 2. The van der Waals surface area contributed by atoms with Crippen molar-refractivity contribution in [3.8, 4) is 0 Å². The van der Waals surface area contributed by atoms with E-state index in [0.29, 0.717) is 69.4 Å². The Bertz CT molecular complexity index is 1740. The predicted octanol–water partition coefficient (Wildman–Crippen LogP) is 4.63. The van der Waals surface area contributed by atoms with Gasteiger partial charge >= 0.3 is 12.3 Å². The third-order valence-electron chi connectivity index (χ3n) is 7.53. The van der Waals surface area contributed by atoms with E-state index in [9.17, 15) is 27.6 Å². The molecule has 0 unspecified atom stereocenters. The number of alkyl halides is 3. The van der Waals surface area contributed by atoms with Crippen molar-refractivity contribution in [2.45, 2.75) is 58.9 Å². The second kappa shape index (κ2) is 12.9. The molecule has 1 saturated heterocycles. The molecule has 0 saturated carbocycles. The lowest BCUT2D eigenvalue weighted by Gasteiger charge is -2.37. The van der Waals surface area contributed by atoms with Gasteiger partial charge in [0.2, 0.25) is 11.7 Å². The number of nitrogens with zero attached hydrogens (tertiary/aromatic N) is 6. The smallest absolute Gasteiger partial charge is 0.416 e. The number of ether oxygens (including phenoxy) is 2. The molecule has 0 bridgehead atoms. The van der Waals surface area contributed by atoms with Gasteiger partial charge < -0.3 is 29.2 Å². The minimum Gasteiger partial charge on any atom is -0.444 e. The van der Waals surface area contributed by atoms with Gasteiger partial charge in [0.05, 0.1) is 35.2 Å². The quantitative estimate of drug-likeness (QED) is 0.405. The lowest BCUT2D eigenvalue weighted by atomic mass is 10.1. The van der Waals surface area contributed by atoms with Gasteiger partial charge in [-0.25, -0.2) is 4.79 Å². The summed E-state index contributed by atoms with van der Waals surface area (Å²) in [5.74, 6) is -0.138. The molecule has 5 rings (SSSR count). The highest BCUT2D eigenvalue weighted by Gasteiger charge is 2.32. The topological polar surface area (TPSA) is 123 Å². The second-order valence-electron chi connectivity index (χ2n) is 11.9. The van der Waals surface area contributed by atoms with Crippen LogP contribution >= 0.6 is 11.6 Å². The number of fused-ring (bicyclic) bond motifs is 1. The molecule has 2 aromatic heterocycles. The number of nitrogens with one attached hydrogen (secondary N) is 1. The first-order chi connectivity index (χ1) is 21.7. The van der Waals surface area contributed by atoms with Crippen LogP contribution in [-0.4, -0.2) is 81.1 Å². The van der Waals surface area contributed by atoms with Crippen LogP contribution in [-0.2, 0) is 33.4 Å². The monoisotopic (exact) mass is 665 g/mol. The van der Waals surface area contributed by atoms with E-state index < -0.39 is 34.9 Å². The Morgan fingerprint density at radius 3 is 2.43 bits per heavy atom. The van der Waals surface area contributed by atoms with Gasteiger partial charge in [-0.15, -0.1) is 5.10 Å². The van der Waals surface area contributed by atoms with E-state index >= 15 is 0 Å².